The SMILES string of the molecule is CC(Cc1ccccc1)NCC(O)COCc1ccco1. The maximum absolute atomic E-state index is 9.87. The molecule has 0 saturated heterocycles. The van der Waals surface area contributed by atoms with Crippen molar-refractivity contribution in [1.29, 1.82) is 0 Å². The molecule has 0 radical (unpaired) electrons. The lowest BCUT2D eigenvalue weighted by Gasteiger charge is -2.17. The number of nitrogens with one attached hydrogen (secondary N) is 1. The Hall–Kier alpha value is -1.62. The molecule has 1 heterocycles. The van der Waals surface area contributed by atoms with Crippen molar-refractivity contribution in [1.82, 2.24) is 5.32 Å². The first-order valence-electron chi connectivity index (χ1n) is 7.29. The molecule has 4 nitrogen and oxygen atoms in total. The largest absolute Gasteiger partial charge is 0.467 e. The second-order valence-electron chi connectivity index (χ2n) is 5.25. The summed E-state index contributed by atoms with van der Waals surface area (Å²) in [7, 11) is 0. The predicted octanol–water partition coefficient (Wildman–Crippen LogP) is 2.38. The van der Waals surface area contributed by atoms with Crippen LogP contribution in [0.2, 0.25) is 0 Å². The van der Waals surface area contributed by atoms with Crippen molar-refractivity contribution in [3.8, 4) is 0 Å². The number of ether oxygens (including phenoxy) is 1. The molecular formula is C17H23NO3. The summed E-state index contributed by atoms with van der Waals surface area (Å²) in [5.74, 6) is 0.771. The van der Waals surface area contributed by atoms with Crippen molar-refractivity contribution in [2.45, 2.75) is 32.1 Å². The lowest BCUT2D eigenvalue weighted by atomic mass is 10.1. The minimum Gasteiger partial charge on any atom is -0.467 e. The van der Waals surface area contributed by atoms with Crippen LogP contribution in [0.3, 0.4) is 0 Å². The third-order valence-electron chi connectivity index (χ3n) is 3.22. The zero-order valence-corrected chi connectivity index (χ0v) is 12.4. The third-order valence-corrected chi connectivity index (χ3v) is 3.22. The van der Waals surface area contributed by atoms with Gasteiger partial charge in [0.15, 0.2) is 0 Å². The molecule has 2 unspecified atom stereocenters. The van der Waals surface area contributed by atoms with E-state index in [2.05, 4.69) is 24.4 Å². The van der Waals surface area contributed by atoms with Crippen molar-refractivity contribution >= 4 is 0 Å². The quantitative estimate of drug-likeness (QED) is 0.744. The summed E-state index contributed by atoms with van der Waals surface area (Å²) < 4.78 is 10.6. The third kappa shape index (κ3) is 6.12. The minimum atomic E-state index is -0.516. The number of hydrogen-bond acceptors (Lipinski definition) is 4. The highest BCUT2D eigenvalue weighted by atomic mass is 16.5. The number of aliphatic hydroxyl groups is 1. The van der Waals surface area contributed by atoms with Crippen LogP contribution in [-0.2, 0) is 17.8 Å². The molecule has 0 aliphatic heterocycles. The fraction of sp³-hybridized carbons (Fsp3) is 0.412. The number of rotatable bonds is 9. The Kier molecular flexibility index (Phi) is 6.47. The van der Waals surface area contributed by atoms with Crippen LogP contribution in [0.25, 0.3) is 0 Å². The number of aliphatic hydroxyl groups excluding tert-OH is 1. The molecule has 4 heteroatoms. The molecule has 1 aromatic heterocycles. The smallest absolute Gasteiger partial charge is 0.129 e. The van der Waals surface area contributed by atoms with Crippen LogP contribution < -0.4 is 5.32 Å². The first-order valence-corrected chi connectivity index (χ1v) is 7.29. The van der Waals surface area contributed by atoms with E-state index in [9.17, 15) is 5.11 Å². The van der Waals surface area contributed by atoms with Crippen LogP contribution in [0, 0.1) is 0 Å². The van der Waals surface area contributed by atoms with Crippen molar-refractivity contribution < 1.29 is 14.3 Å². The molecule has 2 atom stereocenters. The fourth-order valence-corrected chi connectivity index (χ4v) is 2.13. The lowest BCUT2D eigenvalue weighted by molar-refractivity contribution is 0.0217. The molecule has 0 aliphatic carbocycles. The summed E-state index contributed by atoms with van der Waals surface area (Å²) in [4.78, 5) is 0. The van der Waals surface area contributed by atoms with Gasteiger partial charge in [-0.2, -0.15) is 0 Å². The first-order chi connectivity index (χ1) is 10.2. The molecule has 114 valence electrons. The molecule has 2 rings (SSSR count). The summed E-state index contributed by atoms with van der Waals surface area (Å²) >= 11 is 0. The summed E-state index contributed by atoms with van der Waals surface area (Å²) in [6.07, 6.45) is 2.04. The normalized spacial score (nSPS) is 14.0. The Labute approximate surface area is 125 Å². The monoisotopic (exact) mass is 289 g/mol. The van der Waals surface area contributed by atoms with Crippen LogP contribution in [-0.4, -0.2) is 30.4 Å². The number of furan rings is 1. The highest BCUT2D eigenvalue weighted by molar-refractivity contribution is 5.15. The highest BCUT2D eigenvalue weighted by Gasteiger charge is 2.08. The van der Waals surface area contributed by atoms with Gasteiger partial charge < -0.3 is 19.6 Å². The zero-order chi connectivity index (χ0) is 14.9. The van der Waals surface area contributed by atoms with Gasteiger partial charge >= 0.3 is 0 Å². The van der Waals surface area contributed by atoms with E-state index in [1.54, 1.807) is 6.26 Å². The van der Waals surface area contributed by atoms with Crippen molar-refractivity contribution in [3.63, 3.8) is 0 Å². The standard InChI is InChI=1S/C17H23NO3/c1-14(10-15-6-3-2-4-7-15)18-11-16(19)12-20-13-17-8-5-9-21-17/h2-9,14,16,18-19H,10-13H2,1H3. The average Bonchev–Trinajstić information content (AvgIpc) is 2.99. The molecule has 0 spiro atoms. The maximum Gasteiger partial charge on any atom is 0.129 e. The van der Waals surface area contributed by atoms with E-state index in [-0.39, 0.29) is 0 Å². The molecule has 0 aliphatic rings. The zero-order valence-electron chi connectivity index (χ0n) is 12.4. The number of benzene rings is 1. The predicted molar refractivity (Wildman–Crippen MR) is 82.0 cm³/mol. The van der Waals surface area contributed by atoms with Gasteiger partial charge in [-0.1, -0.05) is 30.3 Å². The van der Waals surface area contributed by atoms with Gasteiger partial charge in [0, 0.05) is 12.6 Å². The van der Waals surface area contributed by atoms with Crippen LogP contribution in [0.5, 0.6) is 0 Å². The first kappa shape index (κ1) is 15.8. The Morgan fingerprint density at radius 3 is 2.71 bits per heavy atom. The van der Waals surface area contributed by atoms with Crippen molar-refractivity contribution in [3.05, 3.63) is 60.1 Å². The van der Waals surface area contributed by atoms with Gasteiger partial charge in [0.05, 0.1) is 19.0 Å². The maximum atomic E-state index is 9.87. The summed E-state index contributed by atoms with van der Waals surface area (Å²) in [6.45, 7) is 3.32. The molecule has 0 amide bonds. The Balaban J connectivity index is 1.58. The van der Waals surface area contributed by atoms with E-state index < -0.39 is 6.10 Å². The Bertz CT molecular complexity index is 484. The molecule has 0 saturated carbocycles. The van der Waals surface area contributed by atoms with Gasteiger partial charge in [0.2, 0.25) is 0 Å². The van der Waals surface area contributed by atoms with Crippen LogP contribution in [0.15, 0.2) is 53.1 Å². The van der Waals surface area contributed by atoms with Crippen molar-refractivity contribution in [2.75, 3.05) is 13.2 Å². The molecular weight excluding hydrogens is 266 g/mol. The second kappa shape index (κ2) is 8.62. The summed E-state index contributed by atoms with van der Waals surface area (Å²) in [5.41, 5.74) is 1.29. The van der Waals surface area contributed by atoms with E-state index >= 15 is 0 Å². The summed E-state index contributed by atoms with van der Waals surface area (Å²) in [6, 6.07) is 14.3. The fourth-order valence-electron chi connectivity index (χ4n) is 2.13. The Morgan fingerprint density at radius 1 is 1.19 bits per heavy atom. The number of hydrogen-bond donors (Lipinski definition) is 2. The van der Waals surface area contributed by atoms with E-state index in [4.69, 9.17) is 9.15 Å². The average molecular weight is 289 g/mol. The van der Waals surface area contributed by atoms with Crippen molar-refractivity contribution in [2.24, 2.45) is 0 Å². The Morgan fingerprint density at radius 2 is 2.00 bits per heavy atom. The topological polar surface area (TPSA) is 54.6 Å². The summed E-state index contributed by atoms with van der Waals surface area (Å²) in [5, 5.41) is 13.2. The highest BCUT2D eigenvalue weighted by Crippen LogP contribution is 2.04. The lowest BCUT2D eigenvalue weighted by Crippen LogP contribution is -2.37. The van der Waals surface area contributed by atoms with Gasteiger partial charge in [-0.15, -0.1) is 0 Å². The minimum absolute atomic E-state index is 0.297. The van der Waals surface area contributed by atoms with E-state index in [1.807, 2.05) is 30.3 Å². The van der Waals surface area contributed by atoms with Gasteiger partial charge in [-0.25, -0.2) is 0 Å². The molecule has 0 bridgehead atoms. The van der Waals surface area contributed by atoms with Crippen LogP contribution in [0.1, 0.15) is 18.2 Å². The molecule has 0 fully saturated rings. The van der Waals surface area contributed by atoms with Gasteiger partial charge in [-0.05, 0) is 31.0 Å². The van der Waals surface area contributed by atoms with E-state index in [1.165, 1.54) is 5.56 Å². The van der Waals surface area contributed by atoms with Gasteiger partial charge in [0.25, 0.3) is 0 Å². The van der Waals surface area contributed by atoms with E-state index in [0.29, 0.717) is 25.8 Å². The molecule has 1 aromatic carbocycles. The van der Waals surface area contributed by atoms with Gasteiger partial charge in [-0.3, -0.25) is 0 Å². The molecule has 2 aromatic rings. The van der Waals surface area contributed by atoms with Crippen LogP contribution in [0.4, 0.5) is 0 Å². The second-order valence-corrected chi connectivity index (χ2v) is 5.25. The van der Waals surface area contributed by atoms with Crippen LogP contribution >= 0.6 is 0 Å². The molecule has 21 heavy (non-hydrogen) atoms. The van der Waals surface area contributed by atoms with Gasteiger partial charge in [0.1, 0.15) is 12.4 Å². The molecule has 2 N–H and O–H groups in total. The van der Waals surface area contributed by atoms with E-state index in [0.717, 1.165) is 12.2 Å².